The predicted octanol–water partition coefficient (Wildman–Crippen LogP) is 2.96. The number of thiophene rings is 1. The van der Waals surface area contributed by atoms with Crippen LogP contribution in [-0.2, 0) is 0 Å². The molecule has 0 saturated carbocycles. The van der Waals surface area contributed by atoms with Crippen LogP contribution in [0.5, 0.6) is 5.75 Å². The topological polar surface area (TPSA) is 132 Å². The zero-order valence-electron chi connectivity index (χ0n) is 20.4. The summed E-state index contributed by atoms with van der Waals surface area (Å²) in [5.41, 5.74) is 1.51. The summed E-state index contributed by atoms with van der Waals surface area (Å²) in [5, 5.41) is 19.4. The van der Waals surface area contributed by atoms with Gasteiger partial charge in [-0.25, -0.2) is 14.8 Å². The molecule has 1 spiro atoms. The van der Waals surface area contributed by atoms with Crippen LogP contribution in [0.25, 0.3) is 27.4 Å². The quantitative estimate of drug-likeness (QED) is 0.339. The van der Waals surface area contributed by atoms with Crippen molar-refractivity contribution in [2.24, 2.45) is 0 Å². The van der Waals surface area contributed by atoms with E-state index >= 15 is 0 Å². The van der Waals surface area contributed by atoms with Crippen molar-refractivity contribution in [3.8, 4) is 23.0 Å². The number of aryl methyl sites for hydroxylation is 1. The van der Waals surface area contributed by atoms with Gasteiger partial charge in [0.15, 0.2) is 17.4 Å². The summed E-state index contributed by atoms with van der Waals surface area (Å²) in [6.45, 7) is 2.97. The van der Waals surface area contributed by atoms with Crippen LogP contribution in [0, 0.1) is 6.92 Å². The number of ketones is 1. The van der Waals surface area contributed by atoms with E-state index in [4.69, 9.17) is 4.74 Å². The summed E-state index contributed by atoms with van der Waals surface area (Å²) >= 11 is 1.43. The number of tetrazole rings is 1. The summed E-state index contributed by atoms with van der Waals surface area (Å²) < 4.78 is 8.21. The molecular weight excluding hydrogens is 527 g/mol. The number of rotatable bonds is 3. The Labute approximate surface area is 248 Å². The first-order chi connectivity index (χ1) is 18.5. The molecule has 2 aliphatic heterocycles. The third-order valence-electron chi connectivity index (χ3n) is 7.29. The molecule has 1 aromatic carbocycles. The summed E-state index contributed by atoms with van der Waals surface area (Å²) in [4.78, 5) is 34.4. The number of hydrogen-bond donors (Lipinski definition) is 1. The molecule has 13 heteroatoms. The number of carbonyl (C=O) groups excluding carboxylic acids is 2. The fraction of sp³-hybridized carbons (Fsp3) is 0.269. The fourth-order valence-electron chi connectivity index (χ4n) is 5.26. The molecule has 192 valence electrons. The van der Waals surface area contributed by atoms with Crippen LogP contribution in [0.2, 0.25) is 0 Å². The number of fused-ring (bicyclic) bond motifs is 2. The van der Waals surface area contributed by atoms with Gasteiger partial charge in [0.2, 0.25) is 0 Å². The van der Waals surface area contributed by atoms with E-state index in [0.717, 1.165) is 27.3 Å². The number of hydrogen-bond acceptors (Lipinski definition) is 9. The van der Waals surface area contributed by atoms with Crippen molar-refractivity contribution in [2.75, 3.05) is 13.1 Å². The van der Waals surface area contributed by atoms with Crippen molar-refractivity contribution in [1.29, 1.82) is 0 Å². The number of ether oxygens (including phenoxy) is 1. The Balaban J connectivity index is 0.00000277. The molecule has 0 bridgehead atoms. The van der Waals surface area contributed by atoms with Crippen molar-refractivity contribution in [1.82, 2.24) is 40.3 Å². The van der Waals surface area contributed by atoms with E-state index in [-0.39, 0.29) is 47.7 Å². The Morgan fingerprint density at radius 3 is 2.74 bits per heavy atom. The maximum atomic E-state index is 13.5. The average Bonchev–Trinajstić information content (AvgIpc) is 3.68. The van der Waals surface area contributed by atoms with E-state index in [1.54, 1.807) is 23.0 Å². The van der Waals surface area contributed by atoms with Crippen molar-refractivity contribution in [2.45, 2.75) is 31.8 Å². The molecule has 0 radical (unpaired) electrons. The zero-order chi connectivity index (χ0) is 25.9. The number of nitrogens with zero attached hydrogens (tertiary/aromatic N) is 7. The van der Waals surface area contributed by atoms with Crippen molar-refractivity contribution in [3.05, 3.63) is 64.8 Å². The third-order valence-corrected chi connectivity index (χ3v) is 8.39. The average molecular weight is 551 g/mol. The number of likely N-dealkylation sites (tertiary alicyclic amines) is 1. The van der Waals surface area contributed by atoms with Gasteiger partial charge in [-0.05, 0) is 53.7 Å². The van der Waals surface area contributed by atoms with E-state index in [2.05, 4.69) is 30.7 Å². The summed E-state index contributed by atoms with van der Waals surface area (Å²) in [7, 11) is 0. The van der Waals surface area contributed by atoms with Gasteiger partial charge >= 0.3 is 29.6 Å². The van der Waals surface area contributed by atoms with Gasteiger partial charge in [0, 0.05) is 43.1 Å². The Hall–Kier alpha value is -3.45. The molecule has 1 saturated heterocycles. The minimum atomic E-state index is -0.605. The van der Waals surface area contributed by atoms with Gasteiger partial charge in [-0.1, -0.05) is 6.07 Å². The van der Waals surface area contributed by atoms with E-state index in [1.807, 2.05) is 42.2 Å². The Bertz CT molecular complexity index is 1690. The molecule has 6 heterocycles. The SMILES string of the molecule is Cc1nn(-c2ccccn2)c2sc(C(=O)N3CCC4(CC3)CC(=O)c3cc(-c5nnn[nH]5)ccc3O4)cc12.[NaH]. The van der Waals surface area contributed by atoms with Gasteiger partial charge in [-0.2, -0.15) is 5.10 Å². The number of Topliss-reactive ketones (excluding diaryl/α,β-unsaturated/α-hetero) is 1. The normalized spacial score (nSPS) is 16.1. The molecule has 39 heavy (non-hydrogen) atoms. The van der Waals surface area contributed by atoms with Gasteiger partial charge in [0.25, 0.3) is 5.91 Å². The van der Waals surface area contributed by atoms with Crippen LogP contribution in [0.15, 0.2) is 48.7 Å². The number of benzene rings is 1. The summed E-state index contributed by atoms with van der Waals surface area (Å²) in [5.74, 6) is 1.80. The minimum absolute atomic E-state index is 0. The Kier molecular flexibility index (Phi) is 6.58. The van der Waals surface area contributed by atoms with Crippen LogP contribution in [0.4, 0.5) is 0 Å². The summed E-state index contributed by atoms with van der Waals surface area (Å²) in [6.07, 6.45) is 3.18. The van der Waals surface area contributed by atoms with Gasteiger partial charge in [-0.3, -0.25) is 9.59 Å². The number of aromatic amines is 1. The number of carbonyl (C=O) groups is 2. The standard InChI is InChI=1S/C26H22N8O3S.Na.H/c1-15-17-13-21(38-25(17)34(30-15)22-4-2-3-9-27-22)24(36)33-10-7-26(8-11-33)14-19(35)18-12-16(5-6-20(18)37-26)23-28-31-32-29-23;;/h2-6,9,12-13H,7-8,10-11,14H2,1H3,(H,28,29,31,32);;. The second kappa shape index (κ2) is 9.94. The van der Waals surface area contributed by atoms with Gasteiger partial charge in [0.05, 0.1) is 22.6 Å². The number of H-pyrrole nitrogens is 1. The number of piperidine rings is 1. The fourth-order valence-corrected chi connectivity index (χ4v) is 6.40. The van der Waals surface area contributed by atoms with E-state index < -0.39 is 5.60 Å². The zero-order valence-corrected chi connectivity index (χ0v) is 21.2. The predicted molar refractivity (Wildman–Crippen MR) is 146 cm³/mol. The van der Waals surface area contributed by atoms with Crippen LogP contribution in [0.3, 0.4) is 0 Å². The molecule has 11 nitrogen and oxygen atoms in total. The first-order valence-corrected chi connectivity index (χ1v) is 13.1. The summed E-state index contributed by atoms with van der Waals surface area (Å²) in [6, 6.07) is 13.0. The second-order valence-corrected chi connectivity index (χ2v) is 10.7. The molecule has 5 aromatic rings. The third kappa shape index (κ3) is 4.46. The first kappa shape index (κ1) is 25.8. The molecule has 1 amide bonds. The van der Waals surface area contributed by atoms with E-state index in [0.29, 0.717) is 47.9 Å². The Morgan fingerprint density at radius 1 is 1.15 bits per heavy atom. The second-order valence-electron chi connectivity index (χ2n) is 9.65. The van der Waals surface area contributed by atoms with Crippen LogP contribution in [-0.4, -0.2) is 100 Å². The van der Waals surface area contributed by atoms with Gasteiger partial charge in [0.1, 0.15) is 16.2 Å². The van der Waals surface area contributed by atoms with E-state index in [1.165, 1.54) is 11.3 Å². The van der Waals surface area contributed by atoms with Crippen molar-refractivity contribution < 1.29 is 14.3 Å². The first-order valence-electron chi connectivity index (χ1n) is 12.3. The maximum absolute atomic E-state index is 13.5. The monoisotopic (exact) mass is 550 g/mol. The molecule has 4 aromatic heterocycles. The molecule has 7 rings (SSSR count). The number of amides is 1. The molecule has 2 aliphatic rings. The number of aromatic nitrogens is 7. The van der Waals surface area contributed by atoms with Gasteiger partial charge < -0.3 is 9.64 Å². The molecule has 1 N–H and O–H groups in total. The van der Waals surface area contributed by atoms with Crippen LogP contribution >= 0.6 is 11.3 Å². The molecule has 1 fully saturated rings. The van der Waals surface area contributed by atoms with Crippen molar-refractivity contribution >= 4 is 62.8 Å². The molecule has 0 atom stereocenters. The van der Waals surface area contributed by atoms with Crippen LogP contribution in [0.1, 0.15) is 45.0 Å². The Morgan fingerprint density at radius 2 is 2.00 bits per heavy atom. The molecule has 0 unspecified atom stereocenters. The molecular formula is C26H23N8NaO3S. The van der Waals surface area contributed by atoms with E-state index in [9.17, 15) is 9.59 Å². The number of pyridine rings is 1. The molecule has 0 aliphatic carbocycles. The van der Waals surface area contributed by atoms with Crippen LogP contribution < -0.4 is 4.74 Å². The van der Waals surface area contributed by atoms with Gasteiger partial charge in [-0.15, -0.1) is 16.4 Å². The number of nitrogens with one attached hydrogen (secondary N) is 1. The van der Waals surface area contributed by atoms with Crippen molar-refractivity contribution in [3.63, 3.8) is 0 Å².